The van der Waals surface area contributed by atoms with Crippen molar-refractivity contribution in [2.45, 2.75) is 32.7 Å². The summed E-state index contributed by atoms with van der Waals surface area (Å²) in [5, 5.41) is 10.0. The fourth-order valence-electron chi connectivity index (χ4n) is 2.04. The summed E-state index contributed by atoms with van der Waals surface area (Å²) in [6.45, 7) is 5.90. The van der Waals surface area contributed by atoms with Crippen LogP contribution in [0.25, 0.3) is 0 Å². The van der Waals surface area contributed by atoms with Gasteiger partial charge in [-0.05, 0) is 18.4 Å². The van der Waals surface area contributed by atoms with Gasteiger partial charge in [0.2, 0.25) is 0 Å². The van der Waals surface area contributed by atoms with Crippen molar-refractivity contribution in [2.24, 2.45) is 5.92 Å². The standard InChI is InChI=1S/C12H16O2/c1-8(2)11-9-6-4-5-7-10(9)12(3,13)14-11/h4-8,11,13H,1-3H3/t11-,12-/m0/s1. The maximum Gasteiger partial charge on any atom is 0.190 e. The first-order chi connectivity index (χ1) is 6.52. The van der Waals surface area contributed by atoms with Gasteiger partial charge in [0.1, 0.15) is 0 Å². The van der Waals surface area contributed by atoms with E-state index in [9.17, 15) is 5.11 Å². The first kappa shape index (κ1) is 9.69. The second-order valence-electron chi connectivity index (χ2n) is 4.35. The summed E-state index contributed by atoms with van der Waals surface area (Å²) in [5.41, 5.74) is 2.02. The van der Waals surface area contributed by atoms with Gasteiger partial charge in [-0.25, -0.2) is 0 Å². The first-order valence-corrected chi connectivity index (χ1v) is 5.02. The Morgan fingerprint density at radius 1 is 1.36 bits per heavy atom. The van der Waals surface area contributed by atoms with Gasteiger partial charge >= 0.3 is 0 Å². The summed E-state index contributed by atoms with van der Waals surface area (Å²) < 4.78 is 5.64. The van der Waals surface area contributed by atoms with E-state index < -0.39 is 5.79 Å². The van der Waals surface area contributed by atoms with Crippen molar-refractivity contribution < 1.29 is 9.84 Å². The van der Waals surface area contributed by atoms with Gasteiger partial charge in [-0.15, -0.1) is 0 Å². The first-order valence-electron chi connectivity index (χ1n) is 5.02. The van der Waals surface area contributed by atoms with Crippen molar-refractivity contribution in [2.75, 3.05) is 0 Å². The molecule has 1 aromatic rings. The lowest BCUT2D eigenvalue weighted by Crippen LogP contribution is -2.20. The Labute approximate surface area is 84.5 Å². The molecule has 0 spiro atoms. The smallest absolute Gasteiger partial charge is 0.190 e. The number of ether oxygens (including phenoxy) is 1. The zero-order chi connectivity index (χ0) is 10.3. The third kappa shape index (κ3) is 1.35. The van der Waals surface area contributed by atoms with Crippen LogP contribution in [0.1, 0.15) is 38.0 Å². The van der Waals surface area contributed by atoms with Crippen LogP contribution in [0.2, 0.25) is 0 Å². The summed E-state index contributed by atoms with van der Waals surface area (Å²) in [7, 11) is 0. The van der Waals surface area contributed by atoms with E-state index in [-0.39, 0.29) is 6.10 Å². The molecule has 2 heteroatoms. The molecule has 1 aromatic carbocycles. The lowest BCUT2D eigenvalue weighted by Gasteiger charge is -2.20. The lowest BCUT2D eigenvalue weighted by atomic mass is 9.95. The van der Waals surface area contributed by atoms with Crippen molar-refractivity contribution in [1.82, 2.24) is 0 Å². The number of aliphatic hydroxyl groups is 1. The minimum atomic E-state index is -1.12. The van der Waals surface area contributed by atoms with E-state index in [1.807, 2.05) is 24.3 Å². The average molecular weight is 192 g/mol. The Kier molecular flexibility index (Phi) is 2.13. The van der Waals surface area contributed by atoms with E-state index >= 15 is 0 Å². The molecule has 0 bridgehead atoms. The molecule has 2 rings (SSSR count). The Hall–Kier alpha value is -0.860. The summed E-state index contributed by atoms with van der Waals surface area (Å²) >= 11 is 0. The van der Waals surface area contributed by atoms with Gasteiger partial charge in [0.15, 0.2) is 5.79 Å². The van der Waals surface area contributed by atoms with Crippen molar-refractivity contribution in [3.05, 3.63) is 35.4 Å². The summed E-state index contributed by atoms with van der Waals surface area (Å²) in [6, 6.07) is 7.87. The summed E-state index contributed by atoms with van der Waals surface area (Å²) in [6.07, 6.45) is 0.0150. The lowest BCUT2D eigenvalue weighted by molar-refractivity contribution is -0.217. The van der Waals surface area contributed by atoms with Crippen LogP contribution in [0, 0.1) is 5.92 Å². The molecule has 0 aliphatic carbocycles. The fourth-order valence-corrected chi connectivity index (χ4v) is 2.04. The van der Waals surface area contributed by atoms with Crippen LogP contribution in [0.15, 0.2) is 24.3 Å². The van der Waals surface area contributed by atoms with Gasteiger partial charge in [0.05, 0.1) is 6.10 Å². The minimum absolute atomic E-state index is 0.0150. The average Bonchev–Trinajstić information content (AvgIpc) is 2.40. The molecule has 76 valence electrons. The largest absolute Gasteiger partial charge is 0.362 e. The Morgan fingerprint density at radius 3 is 2.64 bits per heavy atom. The third-order valence-corrected chi connectivity index (χ3v) is 2.73. The molecule has 0 unspecified atom stereocenters. The predicted octanol–water partition coefficient (Wildman–Crippen LogP) is 2.58. The molecule has 2 atom stereocenters. The Balaban J connectivity index is 2.49. The monoisotopic (exact) mass is 192 g/mol. The molecule has 0 aromatic heterocycles. The maximum atomic E-state index is 10.0. The molecular formula is C12H16O2. The molecule has 2 nitrogen and oxygen atoms in total. The Bertz CT molecular complexity index is 342. The zero-order valence-electron chi connectivity index (χ0n) is 8.82. The molecule has 0 saturated carbocycles. The number of rotatable bonds is 1. The van der Waals surface area contributed by atoms with E-state index in [0.717, 1.165) is 11.1 Å². The van der Waals surface area contributed by atoms with E-state index in [2.05, 4.69) is 13.8 Å². The molecule has 1 aliphatic rings. The van der Waals surface area contributed by atoms with Crippen LogP contribution in [0.4, 0.5) is 0 Å². The molecular weight excluding hydrogens is 176 g/mol. The van der Waals surface area contributed by atoms with Gasteiger partial charge < -0.3 is 9.84 Å². The van der Waals surface area contributed by atoms with Gasteiger partial charge in [-0.3, -0.25) is 0 Å². The number of benzene rings is 1. The van der Waals surface area contributed by atoms with Crippen molar-refractivity contribution in [1.29, 1.82) is 0 Å². The van der Waals surface area contributed by atoms with Crippen LogP contribution < -0.4 is 0 Å². The van der Waals surface area contributed by atoms with Gasteiger partial charge in [0.25, 0.3) is 0 Å². The number of fused-ring (bicyclic) bond motifs is 1. The molecule has 1 heterocycles. The molecule has 0 fully saturated rings. The molecule has 1 N–H and O–H groups in total. The fraction of sp³-hybridized carbons (Fsp3) is 0.500. The number of hydrogen-bond donors (Lipinski definition) is 1. The summed E-state index contributed by atoms with van der Waals surface area (Å²) in [5.74, 6) is -0.740. The van der Waals surface area contributed by atoms with Crippen molar-refractivity contribution >= 4 is 0 Å². The van der Waals surface area contributed by atoms with E-state index in [0.29, 0.717) is 5.92 Å². The van der Waals surface area contributed by atoms with Gasteiger partial charge in [-0.1, -0.05) is 38.1 Å². The molecule has 1 aliphatic heterocycles. The van der Waals surface area contributed by atoms with Crippen LogP contribution in [0.3, 0.4) is 0 Å². The van der Waals surface area contributed by atoms with Crippen molar-refractivity contribution in [3.8, 4) is 0 Å². The van der Waals surface area contributed by atoms with Crippen LogP contribution in [0.5, 0.6) is 0 Å². The third-order valence-electron chi connectivity index (χ3n) is 2.73. The predicted molar refractivity (Wildman–Crippen MR) is 54.7 cm³/mol. The second-order valence-corrected chi connectivity index (χ2v) is 4.35. The van der Waals surface area contributed by atoms with Crippen LogP contribution in [-0.4, -0.2) is 5.11 Å². The highest BCUT2D eigenvalue weighted by Gasteiger charge is 2.40. The molecule has 0 radical (unpaired) electrons. The summed E-state index contributed by atoms with van der Waals surface area (Å²) in [4.78, 5) is 0. The van der Waals surface area contributed by atoms with Crippen molar-refractivity contribution in [3.63, 3.8) is 0 Å². The van der Waals surface area contributed by atoms with Gasteiger partial charge in [-0.2, -0.15) is 0 Å². The molecule has 0 saturated heterocycles. The highest BCUT2D eigenvalue weighted by Crippen LogP contribution is 2.44. The number of hydrogen-bond acceptors (Lipinski definition) is 2. The van der Waals surface area contributed by atoms with E-state index in [1.54, 1.807) is 6.92 Å². The quantitative estimate of drug-likeness (QED) is 0.741. The normalized spacial score (nSPS) is 30.8. The van der Waals surface area contributed by atoms with E-state index in [4.69, 9.17) is 4.74 Å². The van der Waals surface area contributed by atoms with Crippen LogP contribution >= 0.6 is 0 Å². The molecule has 0 amide bonds. The topological polar surface area (TPSA) is 29.5 Å². The maximum absolute atomic E-state index is 10.0. The van der Waals surface area contributed by atoms with E-state index in [1.165, 1.54) is 0 Å². The molecule has 14 heavy (non-hydrogen) atoms. The highest BCUT2D eigenvalue weighted by molar-refractivity contribution is 5.36. The SMILES string of the molecule is CC(C)[C@@H]1O[C@](C)(O)c2ccccc21. The highest BCUT2D eigenvalue weighted by atomic mass is 16.6. The zero-order valence-corrected chi connectivity index (χ0v) is 8.82. The van der Waals surface area contributed by atoms with Crippen LogP contribution in [-0.2, 0) is 10.5 Å². The van der Waals surface area contributed by atoms with Gasteiger partial charge in [0, 0.05) is 5.56 Å². The minimum Gasteiger partial charge on any atom is -0.362 e. The Morgan fingerprint density at radius 2 is 2.00 bits per heavy atom. The second kappa shape index (κ2) is 3.07.